The zero-order chi connectivity index (χ0) is 13.6. The number of fused-ring (bicyclic) bond motifs is 1. The molecule has 2 aromatic carbocycles. The van der Waals surface area contributed by atoms with E-state index >= 15 is 0 Å². The molecule has 0 unspecified atom stereocenters. The van der Waals surface area contributed by atoms with Crippen molar-refractivity contribution in [2.75, 3.05) is 39.5 Å². The Morgan fingerprint density at radius 1 is 1.00 bits per heavy atom. The van der Waals surface area contributed by atoms with E-state index < -0.39 is 0 Å². The molecule has 0 atom stereocenters. The van der Waals surface area contributed by atoms with Crippen LogP contribution in [0.25, 0.3) is 10.8 Å². The van der Waals surface area contributed by atoms with Crippen molar-refractivity contribution in [1.29, 1.82) is 0 Å². The third kappa shape index (κ3) is 3.50. The number of benzene rings is 2. The predicted octanol–water partition coefficient (Wildman–Crippen LogP) is 1.52. The number of rotatable bonds is 5. The lowest BCUT2D eigenvalue weighted by Gasteiger charge is -2.23. The highest BCUT2D eigenvalue weighted by atomic mass is 16.5. The van der Waals surface area contributed by atoms with Gasteiger partial charge in [0.1, 0.15) is 18.8 Å². The van der Waals surface area contributed by atoms with Gasteiger partial charge in [-0.25, -0.2) is 0 Å². The maximum absolute atomic E-state index is 5.86. The Morgan fingerprint density at radius 3 is 2.65 bits per heavy atom. The lowest BCUT2D eigenvalue weighted by molar-refractivity contribution is -0.908. The molecule has 0 saturated carbocycles. The summed E-state index contributed by atoms with van der Waals surface area (Å²) in [5.74, 6) is 0.973. The van der Waals surface area contributed by atoms with Gasteiger partial charge in [0.15, 0.2) is 0 Å². The minimum Gasteiger partial charge on any atom is -0.493 e. The molecule has 1 aliphatic heterocycles. The van der Waals surface area contributed by atoms with Crippen LogP contribution >= 0.6 is 0 Å². The summed E-state index contributed by atoms with van der Waals surface area (Å²) < 4.78 is 11.2. The monoisotopic (exact) mass is 272 g/mol. The first-order valence-corrected chi connectivity index (χ1v) is 7.45. The number of quaternary nitrogens is 1. The Bertz CT molecular complexity index is 549. The van der Waals surface area contributed by atoms with Crippen molar-refractivity contribution < 1.29 is 14.4 Å². The molecule has 1 heterocycles. The molecule has 0 aliphatic carbocycles. The van der Waals surface area contributed by atoms with Crippen LogP contribution in [-0.2, 0) is 4.74 Å². The van der Waals surface area contributed by atoms with Crippen LogP contribution in [0.5, 0.6) is 5.75 Å². The molecule has 0 amide bonds. The molecule has 0 bridgehead atoms. The molecule has 1 saturated heterocycles. The van der Waals surface area contributed by atoms with Crippen molar-refractivity contribution in [3.8, 4) is 5.75 Å². The molecule has 20 heavy (non-hydrogen) atoms. The summed E-state index contributed by atoms with van der Waals surface area (Å²) in [4.78, 5) is 1.64. The van der Waals surface area contributed by atoms with Gasteiger partial charge in [0.2, 0.25) is 0 Å². The van der Waals surface area contributed by atoms with E-state index in [0.717, 1.165) is 45.1 Å². The molecule has 1 fully saturated rings. The molecule has 0 radical (unpaired) electrons. The number of hydrogen-bond acceptors (Lipinski definition) is 2. The van der Waals surface area contributed by atoms with Gasteiger partial charge in [0.05, 0.1) is 26.4 Å². The Balaban J connectivity index is 1.47. The van der Waals surface area contributed by atoms with Crippen LogP contribution in [-0.4, -0.2) is 39.5 Å². The van der Waals surface area contributed by atoms with E-state index in [4.69, 9.17) is 9.47 Å². The summed E-state index contributed by atoms with van der Waals surface area (Å²) in [6.07, 6.45) is 1.10. The van der Waals surface area contributed by atoms with Crippen LogP contribution in [0.1, 0.15) is 6.42 Å². The van der Waals surface area contributed by atoms with E-state index in [2.05, 4.69) is 42.5 Å². The van der Waals surface area contributed by atoms with E-state index in [9.17, 15) is 0 Å². The number of ether oxygens (including phenoxy) is 2. The second kappa shape index (κ2) is 6.73. The van der Waals surface area contributed by atoms with Gasteiger partial charge in [-0.05, 0) is 22.9 Å². The zero-order valence-corrected chi connectivity index (χ0v) is 11.8. The van der Waals surface area contributed by atoms with E-state index in [0.29, 0.717) is 0 Å². The summed E-state index contributed by atoms with van der Waals surface area (Å²) in [6.45, 7) is 6.05. The van der Waals surface area contributed by atoms with Gasteiger partial charge >= 0.3 is 0 Å². The maximum Gasteiger partial charge on any atom is 0.119 e. The molecular weight excluding hydrogens is 250 g/mol. The molecular formula is C17H22NO2+. The fraction of sp³-hybridized carbons (Fsp3) is 0.412. The Hall–Kier alpha value is -1.58. The van der Waals surface area contributed by atoms with Gasteiger partial charge in [-0.2, -0.15) is 0 Å². The number of morpholine rings is 1. The van der Waals surface area contributed by atoms with E-state index in [1.54, 1.807) is 4.90 Å². The molecule has 3 heteroatoms. The molecule has 1 aliphatic rings. The topological polar surface area (TPSA) is 22.9 Å². The smallest absolute Gasteiger partial charge is 0.119 e. The van der Waals surface area contributed by atoms with Crippen molar-refractivity contribution in [3.05, 3.63) is 42.5 Å². The first-order valence-electron chi connectivity index (χ1n) is 7.45. The average molecular weight is 272 g/mol. The summed E-state index contributed by atoms with van der Waals surface area (Å²) in [5.41, 5.74) is 0. The van der Waals surface area contributed by atoms with Gasteiger partial charge in [-0.1, -0.05) is 30.3 Å². The highest BCUT2D eigenvalue weighted by Gasteiger charge is 2.12. The van der Waals surface area contributed by atoms with Crippen LogP contribution in [0.3, 0.4) is 0 Å². The third-order valence-corrected chi connectivity index (χ3v) is 3.86. The zero-order valence-electron chi connectivity index (χ0n) is 11.8. The van der Waals surface area contributed by atoms with Crippen LogP contribution < -0.4 is 9.64 Å². The van der Waals surface area contributed by atoms with Crippen molar-refractivity contribution >= 4 is 10.8 Å². The summed E-state index contributed by atoms with van der Waals surface area (Å²) >= 11 is 0. The van der Waals surface area contributed by atoms with Gasteiger partial charge in [-0.3, -0.25) is 0 Å². The van der Waals surface area contributed by atoms with Crippen molar-refractivity contribution in [1.82, 2.24) is 0 Å². The molecule has 0 spiro atoms. The van der Waals surface area contributed by atoms with Gasteiger partial charge in [0, 0.05) is 6.42 Å². The molecule has 3 rings (SSSR count). The van der Waals surface area contributed by atoms with E-state index in [1.165, 1.54) is 17.3 Å². The van der Waals surface area contributed by atoms with Crippen LogP contribution in [0.15, 0.2) is 42.5 Å². The standard InChI is InChI=1S/C17H21NO2/c1-2-5-16-14-17(7-6-15(16)4-1)20-11-3-8-18-9-12-19-13-10-18/h1-2,4-7,14H,3,8-13H2/p+1. The lowest BCUT2D eigenvalue weighted by atomic mass is 10.1. The molecule has 106 valence electrons. The van der Waals surface area contributed by atoms with Crippen LogP contribution in [0.4, 0.5) is 0 Å². The van der Waals surface area contributed by atoms with Crippen molar-refractivity contribution in [3.63, 3.8) is 0 Å². The van der Waals surface area contributed by atoms with Crippen LogP contribution in [0, 0.1) is 0 Å². The second-order valence-electron chi connectivity index (χ2n) is 5.32. The third-order valence-electron chi connectivity index (χ3n) is 3.86. The van der Waals surface area contributed by atoms with Gasteiger partial charge < -0.3 is 14.4 Å². The molecule has 0 aromatic heterocycles. The number of nitrogens with one attached hydrogen (secondary N) is 1. The highest BCUT2D eigenvalue weighted by molar-refractivity contribution is 5.83. The predicted molar refractivity (Wildman–Crippen MR) is 80.4 cm³/mol. The summed E-state index contributed by atoms with van der Waals surface area (Å²) in [6, 6.07) is 14.7. The molecule has 2 aromatic rings. The number of hydrogen-bond donors (Lipinski definition) is 1. The quantitative estimate of drug-likeness (QED) is 0.834. The lowest BCUT2D eigenvalue weighted by Crippen LogP contribution is -3.14. The minimum atomic E-state index is 0.794. The van der Waals surface area contributed by atoms with Crippen LogP contribution in [0.2, 0.25) is 0 Å². The van der Waals surface area contributed by atoms with Gasteiger partial charge in [0.25, 0.3) is 0 Å². The Labute approximate surface area is 120 Å². The van der Waals surface area contributed by atoms with E-state index in [-0.39, 0.29) is 0 Å². The molecule has 1 N–H and O–H groups in total. The summed E-state index contributed by atoms with van der Waals surface area (Å²) in [5, 5.41) is 2.50. The summed E-state index contributed by atoms with van der Waals surface area (Å²) in [7, 11) is 0. The van der Waals surface area contributed by atoms with E-state index in [1.807, 2.05) is 0 Å². The minimum absolute atomic E-state index is 0.794. The largest absolute Gasteiger partial charge is 0.493 e. The Kier molecular flexibility index (Phi) is 4.51. The SMILES string of the molecule is c1ccc2cc(OCCC[NH+]3CCOCC3)ccc2c1. The molecule has 3 nitrogen and oxygen atoms in total. The first kappa shape index (κ1) is 13.4. The maximum atomic E-state index is 5.86. The average Bonchev–Trinajstić information content (AvgIpc) is 2.52. The Morgan fingerprint density at radius 2 is 1.80 bits per heavy atom. The van der Waals surface area contributed by atoms with Gasteiger partial charge in [-0.15, -0.1) is 0 Å². The highest BCUT2D eigenvalue weighted by Crippen LogP contribution is 2.20. The fourth-order valence-electron chi connectivity index (χ4n) is 2.68. The van der Waals surface area contributed by atoms with Crippen molar-refractivity contribution in [2.45, 2.75) is 6.42 Å². The first-order chi connectivity index (χ1) is 9.92. The second-order valence-corrected chi connectivity index (χ2v) is 5.32. The normalized spacial score (nSPS) is 16.4. The van der Waals surface area contributed by atoms with Crippen molar-refractivity contribution in [2.24, 2.45) is 0 Å². The fourth-order valence-corrected chi connectivity index (χ4v) is 2.68.